The number of aromatic amines is 1. The van der Waals surface area contributed by atoms with Gasteiger partial charge in [-0.3, -0.25) is 14.9 Å². The number of alkyl halides is 3. The lowest BCUT2D eigenvalue weighted by atomic mass is 9.86. The van der Waals surface area contributed by atoms with Gasteiger partial charge in [0, 0.05) is 43.5 Å². The van der Waals surface area contributed by atoms with Crippen molar-refractivity contribution < 1.29 is 18.0 Å². The van der Waals surface area contributed by atoms with Gasteiger partial charge < -0.3 is 4.90 Å². The first-order valence-corrected chi connectivity index (χ1v) is 8.97. The third-order valence-corrected chi connectivity index (χ3v) is 5.28. The quantitative estimate of drug-likeness (QED) is 0.873. The summed E-state index contributed by atoms with van der Waals surface area (Å²) in [7, 11) is 0. The summed E-state index contributed by atoms with van der Waals surface area (Å²) in [6, 6.07) is 5.72. The number of nitrogens with zero attached hydrogens (tertiary/aromatic N) is 3. The van der Waals surface area contributed by atoms with E-state index < -0.39 is 11.7 Å². The van der Waals surface area contributed by atoms with Gasteiger partial charge >= 0.3 is 6.18 Å². The van der Waals surface area contributed by atoms with Crippen molar-refractivity contribution in [3.8, 4) is 0 Å². The number of aliphatic imine (C=N–C) groups is 1. The number of nitrogens with one attached hydrogen (secondary N) is 1. The fourth-order valence-electron chi connectivity index (χ4n) is 3.87. The van der Waals surface area contributed by atoms with E-state index in [1.54, 1.807) is 23.2 Å². The van der Waals surface area contributed by atoms with Crippen molar-refractivity contribution in [3.63, 3.8) is 0 Å². The molecule has 1 N–H and O–H groups in total. The second-order valence-corrected chi connectivity index (χ2v) is 6.90. The molecule has 0 unspecified atom stereocenters. The van der Waals surface area contributed by atoms with Crippen LogP contribution in [0.3, 0.4) is 0 Å². The molecule has 2 aliphatic rings. The number of carbonyl (C=O) groups is 1. The van der Waals surface area contributed by atoms with Crippen LogP contribution in [0.5, 0.6) is 0 Å². The van der Waals surface area contributed by atoms with E-state index in [4.69, 9.17) is 0 Å². The number of benzene rings is 1. The first-order chi connectivity index (χ1) is 12.9. The third-order valence-electron chi connectivity index (χ3n) is 5.28. The highest BCUT2D eigenvalue weighted by Crippen LogP contribution is 2.38. The Morgan fingerprint density at radius 2 is 1.93 bits per heavy atom. The van der Waals surface area contributed by atoms with Crippen molar-refractivity contribution in [3.05, 3.63) is 52.3 Å². The molecule has 1 aromatic heterocycles. The van der Waals surface area contributed by atoms with Gasteiger partial charge in [0.15, 0.2) is 5.69 Å². The summed E-state index contributed by atoms with van der Waals surface area (Å²) in [6.07, 6.45) is -0.972. The van der Waals surface area contributed by atoms with E-state index in [1.165, 1.54) is 6.07 Å². The molecule has 0 bridgehead atoms. The molecule has 1 fully saturated rings. The summed E-state index contributed by atoms with van der Waals surface area (Å²) < 4.78 is 39.8. The topological polar surface area (TPSA) is 61.4 Å². The normalized spacial score (nSPS) is 17.8. The first kappa shape index (κ1) is 17.8. The average Bonchev–Trinajstić information content (AvgIpc) is 3.11. The van der Waals surface area contributed by atoms with Gasteiger partial charge in [-0.2, -0.15) is 18.3 Å². The Hall–Kier alpha value is -2.64. The molecule has 4 rings (SSSR count). The average molecular weight is 376 g/mol. The molecule has 27 heavy (non-hydrogen) atoms. The zero-order chi connectivity index (χ0) is 19.0. The number of hydrogen-bond donors (Lipinski definition) is 1. The van der Waals surface area contributed by atoms with Crippen LogP contribution in [-0.2, 0) is 12.6 Å². The molecule has 0 saturated carbocycles. The first-order valence-electron chi connectivity index (χ1n) is 8.97. The van der Waals surface area contributed by atoms with Crippen LogP contribution in [0.4, 0.5) is 13.2 Å². The van der Waals surface area contributed by atoms with E-state index in [2.05, 4.69) is 15.2 Å². The van der Waals surface area contributed by atoms with Gasteiger partial charge in [0.05, 0.1) is 5.56 Å². The Balaban J connectivity index is 1.48. The maximum absolute atomic E-state index is 13.3. The SMILES string of the molecule is O=C(c1n[nH]c2c1C=NCC2)N1CCC(c2ccccc2C(F)(F)F)CC1. The number of piperidine rings is 1. The van der Waals surface area contributed by atoms with Gasteiger partial charge in [-0.05, 0) is 30.4 Å². The Bertz CT molecular complexity index is 879. The van der Waals surface area contributed by atoms with Gasteiger partial charge in [-0.15, -0.1) is 0 Å². The van der Waals surface area contributed by atoms with Crippen molar-refractivity contribution >= 4 is 12.1 Å². The van der Waals surface area contributed by atoms with E-state index in [-0.39, 0.29) is 11.8 Å². The zero-order valence-electron chi connectivity index (χ0n) is 14.6. The maximum Gasteiger partial charge on any atom is 0.416 e. The second kappa shape index (κ2) is 6.83. The van der Waals surface area contributed by atoms with Crippen LogP contribution in [0, 0.1) is 0 Å². The summed E-state index contributed by atoms with van der Waals surface area (Å²) in [6.45, 7) is 1.50. The van der Waals surface area contributed by atoms with Crippen molar-refractivity contribution in [2.45, 2.75) is 31.4 Å². The molecule has 0 radical (unpaired) electrons. The van der Waals surface area contributed by atoms with Crippen LogP contribution in [0.2, 0.25) is 0 Å². The summed E-state index contributed by atoms with van der Waals surface area (Å²) in [5, 5.41) is 7.03. The van der Waals surface area contributed by atoms with E-state index in [9.17, 15) is 18.0 Å². The summed E-state index contributed by atoms with van der Waals surface area (Å²) in [5.74, 6) is -0.398. The van der Waals surface area contributed by atoms with Gasteiger partial charge in [-0.25, -0.2) is 0 Å². The van der Waals surface area contributed by atoms with Crippen LogP contribution in [0.15, 0.2) is 29.3 Å². The largest absolute Gasteiger partial charge is 0.416 e. The maximum atomic E-state index is 13.3. The second-order valence-electron chi connectivity index (χ2n) is 6.90. The standard InChI is InChI=1S/C19H19F3N4O/c20-19(21,22)15-4-2-1-3-13(15)12-6-9-26(10-7-12)18(27)17-14-11-23-8-5-16(14)24-25-17/h1-4,11-12H,5-10H2,(H,24,25). The fraction of sp³-hybridized carbons (Fsp3) is 0.421. The van der Waals surface area contributed by atoms with Crippen LogP contribution >= 0.6 is 0 Å². The number of rotatable bonds is 2. The number of aromatic nitrogens is 2. The minimum atomic E-state index is -4.36. The smallest absolute Gasteiger partial charge is 0.337 e. The molecule has 8 heteroatoms. The Kier molecular flexibility index (Phi) is 4.49. The van der Waals surface area contributed by atoms with Crippen molar-refractivity contribution in [1.82, 2.24) is 15.1 Å². The van der Waals surface area contributed by atoms with Gasteiger partial charge in [-0.1, -0.05) is 18.2 Å². The molecule has 2 aliphatic heterocycles. The molecule has 2 aromatic rings. The Morgan fingerprint density at radius 1 is 1.19 bits per heavy atom. The van der Waals surface area contributed by atoms with E-state index in [1.807, 2.05) is 0 Å². The van der Waals surface area contributed by atoms with E-state index >= 15 is 0 Å². The summed E-state index contributed by atoms with van der Waals surface area (Å²) >= 11 is 0. The molecule has 3 heterocycles. The molecule has 0 atom stereocenters. The van der Waals surface area contributed by atoms with Crippen molar-refractivity contribution in [2.24, 2.45) is 4.99 Å². The number of likely N-dealkylation sites (tertiary alicyclic amines) is 1. The number of carbonyl (C=O) groups excluding carboxylic acids is 1. The summed E-state index contributed by atoms with van der Waals surface area (Å²) in [5.41, 5.74) is 1.73. The third kappa shape index (κ3) is 3.36. The highest BCUT2D eigenvalue weighted by atomic mass is 19.4. The molecule has 142 valence electrons. The number of fused-ring (bicyclic) bond motifs is 1. The fourth-order valence-corrected chi connectivity index (χ4v) is 3.87. The number of halogens is 3. The van der Waals surface area contributed by atoms with Crippen molar-refractivity contribution in [2.75, 3.05) is 19.6 Å². The predicted molar refractivity (Wildman–Crippen MR) is 94.1 cm³/mol. The zero-order valence-corrected chi connectivity index (χ0v) is 14.6. The minimum Gasteiger partial charge on any atom is -0.337 e. The highest BCUT2D eigenvalue weighted by molar-refractivity contribution is 6.01. The van der Waals surface area contributed by atoms with Crippen LogP contribution in [0.1, 0.15) is 51.6 Å². The summed E-state index contributed by atoms with van der Waals surface area (Å²) in [4.78, 5) is 18.7. The highest BCUT2D eigenvalue weighted by Gasteiger charge is 2.36. The molecule has 1 saturated heterocycles. The monoisotopic (exact) mass is 376 g/mol. The number of amides is 1. The van der Waals surface area contributed by atoms with Crippen LogP contribution < -0.4 is 0 Å². The Labute approximate surface area is 154 Å². The number of hydrogen-bond acceptors (Lipinski definition) is 3. The van der Waals surface area contributed by atoms with Crippen LogP contribution in [-0.4, -0.2) is 46.9 Å². The predicted octanol–water partition coefficient (Wildman–Crippen LogP) is 3.42. The lowest BCUT2D eigenvalue weighted by Gasteiger charge is -2.33. The van der Waals surface area contributed by atoms with E-state index in [0.717, 1.165) is 23.7 Å². The van der Waals surface area contributed by atoms with Gasteiger partial charge in [0.1, 0.15) is 0 Å². The van der Waals surface area contributed by atoms with E-state index in [0.29, 0.717) is 43.7 Å². The molecule has 1 aromatic carbocycles. The molecular weight excluding hydrogens is 357 g/mol. The van der Waals surface area contributed by atoms with Crippen LogP contribution in [0.25, 0.3) is 0 Å². The van der Waals surface area contributed by atoms with Gasteiger partial charge in [0.25, 0.3) is 5.91 Å². The lowest BCUT2D eigenvalue weighted by molar-refractivity contribution is -0.138. The molecule has 0 spiro atoms. The minimum absolute atomic E-state index is 0.191. The molecule has 0 aliphatic carbocycles. The van der Waals surface area contributed by atoms with Crippen molar-refractivity contribution in [1.29, 1.82) is 0 Å². The number of H-pyrrole nitrogens is 1. The van der Waals surface area contributed by atoms with Gasteiger partial charge in [0.2, 0.25) is 0 Å². The molecular formula is C19H19F3N4O. The molecule has 5 nitrogen and oxygen atoms in total. The lowest BCUT2D eigenvalue weighted by Crippen LogP contribution is -2.38. The molecule has 1 amide bonds. The Morgan fingerprint density at radius 3 is 2.67 bits per heavy atom.